The summed E-state index contributed by atoms with van der Waals surface area (Å²) in [6.45, 7) is 4.55. The average molecular weight is 424 g/mol. The zero-order valence-corrected chi connectivity index (χ0v) is 18.0. The SMILES string of the molecule is CCn1c(SCC(=O)c2ccc(CCCNC(C)=O)cc2)nc2ccccc2c1=O. The molecular weight excluding hydrogens is 398 g/mol. The van der Waals surface area contributed by atoms with E-state index in [-0.39, 0.29) is 23.0 Å². The Kier molecular flexibility index (Phi) is 7.41. The van der Waals surface area contributed by atoms with E-state index in [1.54, 1.807) is 10.6 Å². The number of thioether (sulfide) groups is 1. The number of rotatable bonds is 9. The molecule has 3 aromatic rings. The van der Waals surface area contributed by atoms with E-state index >= 15 is 0 Å². The molecule has 0 spiro atoms. The van der Waals surface area contributed by atoms with Crippen molar-refractivity contribution in [1.29, 1.82) is 0 Å². The molecule has 0 bridgehead atoms. The minimum Gasteiger partial charge on any atom is -0.356 e. The highest BCUT2D eigenvalue weighted by Gasteiger charge is 2.13. The molecule has 0 unspecified atom stereocenters. The summed E-state index contributed by atoms with van der Waals surface area (Å²) in [7, 11) is 0. The summed E-state index contributed by atoms with van der Waals surface area (Å²) in [6, 6.07) is 14.8. The predicted octanol–water partition coefficient (Wildman–Crippen LogP) is 3.46. The zero-order chi connectivity index (χ0) is 21.5. The summed E-state index contributed by atoms with van der Waals surface area (Å²) in [5.74, 6) is 0.185. The number of aryl methyl sites for hydroxylation is 1. The Hall–Kier alpha value is -2.93. The van der Waals surface area contributed by atoms with Crippen molar-refractivity contribution in [2.75, 3.05) is 12.3 Å². The van der Waals surface area contributed by atoms with E-state index in [0.717, 1.165) is 18.4 Å². The molecule has 7 heteroatoms. The number of aromatic nitrogens is 2. The van der Waals surface area contributed by atoms with Crippen LogP contribution in [0.25, 0.3) is 10.9 Å². The van der Waals surface area contributed by atoms with Gasteiger partial charge < -0.3 is 5.32 Å². The molecule has 3 rings (SSSR count). The number of benzene rings is 2. The third kappa shape index (κ3) is 5.36. The quantitative estimate of drug-likeness (QED) is 0.247. The summed E-state index contributed by atoms with van der Waals surface area (Å²) in [4.78, 5) is 40.8. The highest BCUT2D eigenvalue weighted by atomic mass is 32.2. The number of carbonyl (C=O) groups excluding carboxylic acids is 2. The Morgan fingerprint density at radius 1 is 1.10 bits per heavy atom. The van der Waals surface area contributed by atoms with Crippen LogP contribution in [0, 0.1) is 0 Å². The van der Waals surface area contributed by atoms with Crippen molar-refractivity contribution in [3.8, 4) is 0 Å². The van der Waals surface area contributed by atoms with E-state index in [9.17, 15) is 14.4 Å². The Morgan fingerprint density at radius 3 is 2.53 bits per heavy atom. The molecular formula is C23H25N3O3S. The van der Waals surface area contributed by atoms with Crippen molar-refractivity contribution in [1.82, 2.24) is 14.9 Å². The van der Waals surface area contributed by atoms with Crippen LogP contribution in [0.3, 0.4) is 0 Å². The first-order valence-electron chi connectivity index (χ1n) is 9.98. The number of fused-ring (bicyclic) bond motifs is 1. The van der Waals surface area contributed by atoms with Gasteiger partial charge in [0.2, 0.25) is 5.91 Å². The Labute approximate surface area is 179 Å². The molecule has 1 amide bonds. The van der Waals surface area contributed by atoms with Crippen molar-refractivity contribution in [2.24, 2.45) is 0 Å². The van der Waals surface area contributed by atoms with E-state index in [1.165, 1.54) is 18.7 Å². The van der Waals surface area contributed by atoms with E-state index in [0.29, 0.717) is 34.7 Å². The van der Waals surface area contributed by atoms with Crippen LogP contribution in [-0.2, 0) is 17.8 Å². The number of amides is 1. The van der Waals surface area contributed by atoms with Gasteiger partial charge in [-0.2, -0.15) is 0 Å². The molecule has 0 aliphatic heterocycles. The summed E-state index contributed by atoms with van der Waals surface area (Å²) in [6.07, 6.45) is 1.69. The van der Waals surface area contributed by atoms with Gasteiger partial charge >= 0.3 is 0 Å². The maximum atomic E-state index is 12.7. The van der Waals surface area contributed by atoms with Crippen LogP contribution in [-0.4, -0.2) is 33.5 Å². The van der Waals surface area contributed by atoms with E-state index in [1.807, 2.05) is 49.4 Å². The average Bonchev–Trinajstić information content (AvgIpc) is 2.75. The van der Waals surface area contributed by atoms with Crippen LogP contribution >= 0.6 is 11.8 Å². The molecule has 0 aliphatic carbocycles. The van der Waals surface area contributed by atoms with Crippen molar-refractivity contribution in [2.45, 2.75) is 38.4 Å². The molecule has 30 heavy (non-hydrogen) atoms. The van der Waals surface area contributed by atoms with Crippen LogP contribution in [0.5, 0.6) is 0 Å². The van der Waals surface area contributed by atoms with Gasteiger partial charge in [-0.15, -0.1) is 0 Å². The third-order valence-corrected chi connectivity index (χ3v) is 5.74. The lowest BCUT2D eigenvalue weighted by atomic mass is 10.1. The number of nitrogens with one attached hydrogen (secondary N) is 1. The molecule has 0 radical (unpaired) electrons. The molecule has 2 aromatic carbocycles. The van der Waals surface area contributed by atoms with Gasteiger partial charge in [0.1, 0.15) is 0 Å². The van der Waals surface area contributed by atoms with E-state index < -0.39 is 0 Å². The Bertz CT molecular complexity index is 1110. The van der Waals surface area contributed by atoms with Gasteiger partial charge in [0, 0.05) is 25.6 Å². The van der Waals surface area contributed by atoms with Gasteiger partial charge in [0.05, 0.1) is 16.7 Å². The number of nitrogens with zero attached hydrogens (tertiary/aromatic N) is 2. The number of carbonyl (C=O) groups is 2. The van der Waals surface area contributed by atoms with Gasteiger partial charge in [-0.3, -0.25) is 19.0 Å². The van der Waals surface area contributed by atoms with Crippen molar-refractivity contribution < 1.29 is 9.59 Å². The van der Waals surface area contributed by atoms with Crippen LogP contribution in [0.4, 0.5) is 0 Å². The van der Waals surface area contributed by atoms with Gasteiger partial charge in [-0.1, -0.05) is 48.2 Å². The summed E-state index contributed by atoms with van der Waals surface area (Å²) < 4.78 is 1.61. The number of ketones is 1. The van der Waals surface area contributed by atoms with Gasteiger partial charge in [-0.05, 0) is 37.5 Å². The highest BCUT2D eigenvalue weighted by Crippen LogP contribution is 2.19. The minimum atomic E-state index is -0.0818. The first-order chi connectivity index (χ1) is 14.5. The van der Waals surface area contributed by atoms with Crippen LogP contribution in [0.1, 0.15) is 36.2 Å². The van der Waals surface area contributed by atoms with E-state index in [2.05, 4.69) is 10.3 Å². The number of para-hydroxylation sites is 1. The smallest absolute Gasteiger partial charge is 0.262 e. The lowest BCUT2D eigenvalue weighted by Crippen LogP contribution is -2.22. The predicted molar refractivity (Wildman–Crippen MR) is 120 cm³/mol. The lowest BCUT2D eigenvalue weighted by molar-refractivity contribution is -0.118. The fourth-order valence-corrected chi connectivity index (χ4v) is 4.12. The lowest BCUT2D eigenvalue weighted by Gasteiger charge is -2.11. The highest BCUT2D eigenvalue weighted by molar-refractivity contribution is 7.99. The summed E-state index contributed by atoms with van der Waals surface area (Å²) in [5.41, 5.74) is 2.33. The molecule has 0 aliphatic rings. The Morgan fingerprint density at radius 2 is 1.83 bits per heavy atom. The molecule has 1 N–H and O–H groups in total. The van der Waals surface area contributed by atoms with Crippen LogP contribution < -0.4 is 10.9 Å². The first-order valence-corrected chi connectivity index (χ1v) is 11.0. The molecule has 1 aromatic heterocycles. The standard InChI is InChI=1S/C23H25N3O3S/c1-3-26-22(29)19-8-4-5-9-20(19)25-23(26)30-15-21(28)18-12-10-17(11-13-18)7-6-14-24-16(2)27/h4-5,8-13H,3,6-7,14-15H2,1-2H3,(H,24,27). The maximum Gasteiger partial charge on any atom is 0.262 e. The monoisotopic (exact) mass is 423 g/mol. The number of Topliss-reactive ketones (excluding diaryl/α,β-unsaturated/α-hetero) is 1. The fraction of sp³-hybridized carbons (Fsp3) is 0.304. The molecule has 1 heterocycles. The second-order valence-corrected chi connectivity index (χ2v) is 7.90. The molecule has 0 saturated heterocycles. The molecule has 156 valence electrons. The third-order valence-electron chi connectivity index (χ3n) is 4.77. The second kappa shape index (κ2) is 10.2. The second-order valence-electron chi connectivity index (χ2n) is 6.96. The first kappa shape index (κ1) is 21.8. The normalized spacial score (nSPS) is 10.9. The number of hydrogen-bond donors (Lipinski definition) is 1. The molecule has 6 nitrogen and oxygen atoms in total. The molecule has 0 fully saturated rings. The fourth-order valence-electron chi connectivity index (χ4n) is 3.16. The molecule has 0 saturated carbocycles. The van der Waals surface area contributed by atoms with Crippen molar-refractivity contribution in [3.63, 3.8) is 0 Å². The Balaban J connectivity index is 1.64. The van der Waals surface area contributed by atoms with Gasteiger partial charge in [0.15, 0.2) is 10.9 Å². The minimum absolute atomic E-state index is 0.00476. The summed E-state index contributed by atoms with van der Waals surface area (Å²) in [5, 5.41) is 3.92. The largest absolute Gasteiger partial charge is 0.356 e. The summed E-state index contributed by atoms with van der Waals surface area (Å²) >= 11 is 1.29. The van der Waals surface area contributed by atoms with Gasteiger partial charge in [0.25, 0.3) is 5.56 Å². The van der Waals surface area contributed by atoms with Crippen molar-refractivity contribution >= 4 is 34.4 Å². The van der Waals surface area contributed by atoms with Gasteiger partial charge in [-0.25, -0.2) is 4.98 Å². The van der Waals surface area contributed by atoms with Crippen LogP contribution in [0.15, 0.2) is 58.5 Å². The zero-order valence-electron chi connectivity index (χ0n) is 17.2. The van der Waals surface area contributed by atoms with Crippen LogP contribution in [0.2, 0.25) is 0 Å². The molecule has 0 atom stereocenters. The van der Waals surface area contributed by atoms with E-state index in [4.69, 9.17) is 0 Å². The maximum absolute atomic E-state index is 12.7. The topological polar surface area (TPSA) is 81.1 Å². The number of hydrogen-bond acceptors (Lipinski definition) is 5. The van der Waals surface area contributed by atoms with Crippen molar-refractivity contribution in [3.05, 3.63) is 70.0 Å².